The van der Waals surface area contributed by atoms with E-state index in [1.165, 1.54) is 6.20 Å². The molecule has 1 saturated heterocycles. The maximum absolute atomic E-state index is 12.0. The van der Waals surface area contributed by atoms with Crippen molar-refractivity contribution in [1.29, 1.82) is 0 Å². The lowest BCUT2D eigenvalue weighted by atomic mass is 9.96. The summed E-state index contributed by atoms with van der Waals surface area (Å²) in [6.07, 6.45) is 4.01. The van der Waals surface area contributed by atoms with Crippen LogP contribution in [0.2, 0.25) is 0 Å². The van der Waals surface area contributed by atoms with Crippen LogP contribution in [-0.2, 0) is 14.3 Å². The number of piperidine rings is 1. The first-order valence-electron chi connectivity index (χ1n) is 6.82. The van der Waals surface area contributed by atoms with Crippen molar-refractivity contribution >= 4 is 33.7 Å². The van der Waals surface area contributed by atoms with Crippen molar-refractivity contribution < 1.29 is 19.1 Å². The first kappa shape index (κ1) is 16.4. The highest BCUT2D eigenvalue weighted by Gasteiger charge is 2.26. The van der Waals surface area contributed by atoms with Gasteiger partial charge in [0.15, 0.2) is 6.61 Å². The Bertz CT molecular complexity index is 585. The van der Waals surface area contributed by atoms with Crippen molar-refractivity contribution in [3.05, 3.63) is 28.5 Å². The number of rotatable bonds is 4. The summed E-state index contributed by atoms with van der Waals surface area (Å²) in [6.45, 7) is 0.567. The number of nitrogens with two attached hydrogens (primary N) is 1. The van der Waals surface area contributed by atoms with Gasteiger partial charge in [0.1, 0.15) is 0 Å². The predicted molar refractivity (Wildman–Crippen MR) is 80.7 cm³/mol. The minimum atomic E-state index is -0.603. The molecule has 0 unspecified atom stereocenters. The Labute approximate surface area is 135 Å². The third-order valence-electron chi connectivity index (χ3n) is 3.52. The van der Waals surface area contributed by atoms with E-state index in [1.54, 1.807) is 17.2 Å². The summed E-state index contributed by atoms with van der Waals surface area (Å²) in [5.41, 5.74) is 5.52. The molecular formula is C14H16BrN3O4. The minimum absolute atomic E-state index is 0.181. The number of amides is 2. The lowest BCUT2D eigenvalue weighted by Crippen LogP contribution is -2.43. The van der Waals surface area contributed by atoms with Crippen LogP contribution in [0.5, 0.6) is 0 Å². The number of carbonyl (C=O) groups excluding carboxylic acids is 3. The molecule has 2 N–H and O–H groups in total. The number of ether oxygens (including phenoxy) is 1. The second kappa shape index (κ2) is 7.35. The Balaban J connectivity index is 1.81. The molecule has 0 aromatic carbocycles. The van der Waals surface area contributed by atoms with Crippen LogP contribution in [-0.4, -0.2) is 47.4 Å². The van der Waals surface area contributed by atoms with E-state index in [0.717, 1.165) is 0 Å². The molecule has 1 aromatic rings. The van der Waals surface area contributed by atoms with E-state index in [4.69, 9.17) is 10.5 Å². The molecule has 2 rings (SSSR count). The first-order valence-corrected chi connectivity index (χ1v) is 7.61. The van der Waals surface area contributed by atoms with Crippen LogP contribution < -0.4 is 5.73 Å². The van der Waals surface area contributed by atoms with Gasteiger partial charge in [-0.05, 0) is 34.8 Å². The van der Waals surface area contributed by atoms with Crippen LogP contribution in [0.4, 0.5) is 0 Å². The zero-order chi connectivity index (χ0) is 16.1. The molecule has 1 aliphatic rings. The van der Waals surface area contributed by atoms with Crippen molar-refractivity contribution in [2.75, 3.05) is 19.7 Å². The van der Waals surface area contributed by atoms with E-state index in [-0.39, 0.29) is 29.9 Å². The quantitative estimate of drug-likeness (QED) is 0.787. The standard InChI is InChI=1S/C14H16BrN3O4/c15-11-5-10(6-17-7-11)14(21)22-8-12(19)18-3-1-9(2-4-18)13(16)20/h5-7,9H,1-4,8H2,(H2,16,20). The lowest BCUT2D eigenvalue weighted by molar-refractivity contribution is -0.137. The van der Waals surface area contributed by atoms with E-state index < -0.39 is 5.97 Å². The van der Waals surface area contributed by atoms with Crippen LogP contribution in [0.25, 0.3) is 0 Å². The summed E-state index contributed by atoms with van der Waals surface area (Å²) in [5.74, 6) is -1.39. The number of primary amides is 1. The van der Waals surface area contributed by atoms with Crippen molar-refractivity contribution in [3.63, 3.8) is 0 Å². The zero-order valence-electron chi connectivity index (χ0n) is 11.8. The third kappa shape index (κ3) is 4.27. The Morgan fingerprint density at radius 3 is 2.59 bits per heavy atom. The minimum Gasteiger partial charge on any atom is -0.452 e. The van der Waals surface area contributed by atoms with Gasteiger partial charge in [-0.2, -0.15) is 0 Å². The summed E-state index contributed by atoms with van der Waals surface area (Å²) in [6, 6.07) is 1.57. The third-order valence-corrected chi connectivity index (χ3v) is 3.95. The van der Waals surface area contributed by atoms with Crippen molar-refractivity contribution in [2.45, 2.75) is 12.8 Å². The fourth-order valence-corrected chi connectivity index (χ4v) is 2.60. The monoisotopic (exact) mass is 369 g/mol. The van der Waals surface area contributed by atoms with Crippen molar-refractivity contribution in [3.8, 4) is 0 Å². The smallest absolute Gasteiger partial charge is 0.340 e. The molecule has 1 aromatic heterocycles. The second-order valence-electron chi connectivity index (χ2n) is 5.03. The summed E-state index contributed by atoms with van der Waals surface area (Å²) in [4.78, 5) is 40.3. The maximum Gasteiger partial charge on any atom is 0.340 e. The number of aromatic nitrogens is 1. The van der Waals surface area contributed by atoms with Gasteiger partial charge in [0.05, 0.1) is 5.56 Å². The average Bonchev–Trinajstić information content (AvgIpc) is 2.52. The lowest BCUT2D eigenvalue weighted by Gasteiger charge is -2.30. The Morgan fingerprint density at radius 2 is 2.00 bits per heavy atom. The van der Waals surface area contributed by atoms with E-state index in [9.17, 15) is 14.4 Å². The number of hydrogen-bond acceptors (Lipinski definition) is 5. The van der Waals surface area contributed by atoms with Crippen LogP contribution >= 0.6 is 15.9 Å². The maximum atomic E-state index is 12.0. The summed E-state index contributed by atoms with van der Waals surface area (Å²) < 4.78 is 5.64. The van der Waals surface area contributed by atoms with Crippen LogP contribution in [0.1, 0.15) is 23.2 Å². The molecule has 0 atom stereocenters. The second-order valence-corrected chi connectivity index (χ2v) is 5.94. The molecule has 8 heteroatoms. The van der Waals surface area contributed by atoms with Crippen molar-refractivity contribution in [2.24, 2.45) is 11.7 Å². The highest BCUT2D eigenvalue weighted by Crippen LogP contribution is 2.17. The summed E-state index contributed by atoms with van der Waals surface area (Å²) in [5, 5.41) is 0. The Kier molecular flexibility index (Phi) is 5.48. The first-order chi connectivity index (χ1) is 10.5. The highest BCUT2D eigenvalue weighted by atomic mass is 79.9. The molecule has 0 saturated carbocycles. The fourth-order valence-electron chi connectivity index (χ4n) is 2.24. The molecule has 118 valence electrons. The van der Waals surface area contributed by atoms with Gasteiger partial charge in [0.25, 0.3) is 5.91 Å². The highest BCUT2D eigenvalue weighted by molar-refractivity contribution is 9.10. The SMILES string of the molecule is NC(=O)C1CCN(C(=O)COC(=O)c2cncc(Br)c2)CC1. The molecular weight excluding hydrogens is 354 g/mol. The molecule has 0 aliphatic carbocycles. The van der Waals surface area contributed by atoms with Gasteiger partial charge in [-0.1, -0.05) is 0 Å². The number of hydrogen-bond donors (Lipinski definition) is 1. The molecule has 2 heterocycles. The molecule has 0 radical (unpaired) electrons. The van der Waals surface area contributed by atoms with Gasteiger partial charge in [-0.25, -0.2) is 4.79 Å². The van der Waals surface area contributed by atoms with Gasteiger partial charge in [-0.3, -0.25) is 14.6 Å². The summed E-state index contributed by atoms with van der Waals surface area (Å²) in [7, 11) is 0. The van der Waals surface area contributed by atoms with Crippen molar-refractivity contribution in [1.82, 2.24) is 9.88 Å². The van der Waals surface area contributed by atoms with Crippen LogP contribution in [0.15, 0.2) is 22.9 Å². The Morgan fingerprint density at radius 1 is 1.32 bits per heavy atom. The normalized spacial score (nSPS) is 15.4. The number of esters is 1. The predicted octanol–water partition coefficient (Wildman–Crippen LogP) is 0.725. The van der Waals surface area contributed by atoms with E-state index in [1.807, 2.05) is 0 Å². The average molecular weight is 370 g/mol. The van der Waals surface area contributed by atoms with E-state index in [0.29, 0.717) is 30.4 Å². The molecule has 0 bridgehead atoms. The number of halogens is 1. The van der Waals surface area contributed by atoms with Crippen LogP contribution in [0.3, 0.4) is 0 Å². The topological polar surface area (TPSA) is 103 Å². The van der Waals surface area contributed by atoms with Gasteiger partial charge in [-0.15, -0.1) is 0 Å². The fraction of sp³-hybridized carbons (Fsp3) is 0.429. The zero-order valence-corrected chi connectivity index (χ0v) is 13.4. The van der Waals surface area contributed by atoms with Gasteiger partial charge < -0.3 is 15.4 Å². The van der Waals surface area contributed by atoms with Gasteiger partial charge in [0, 0.05) is 35.9 Å². The number of likely N-dealkylation sites (tertiary alicyclic amines) is 1. The number of carbonyl (C=O) groups is 3. The molecule has 2 amide bonds. The molecule has 0 spiro atoms. The number of nitrogens with zero attached hydrogens (tertiary/aromatic N) is 2. The van der Waals surface area contributed by atoms with Gasteiger partial charge in [0.2, 0.25) is 5.91 Å². The molecule has 1 aliphatic heterocycles. The molecule has 22 heavy (non-hydrogen) atoms. The largest absolute Gasteiger partial charge is 0.452 e. The Hall–Kier alpha value is -1.96. The van der Waals surface area contributed by atoms with E-state index >= 15 is 0 Å². The van der Waals surface area contributed by atoms with Crippen LogP contribution in [0, 0.1) is 5.92 Å². The van der Waals surface area contributed by atoms with E-state index in [2.05, 4.69) is 20.9 Å². The van der Waals surface area contributed by atoms with Gasteiger partial charge >= 0.3 is 5.97 Å². The molecule has 1 fully saturated rings. The molecule has 7 nitrogen and oxygen atoms in total. The summed E-state index contributed by atoms with van der Waals surface area (Å²) >= 11 is 3.21. The number of pyridine rings is 1.